The number of carbonyl (C=O) groups excluding carboxylic acids is 2. The van der Waals surface area contributed by atoms with E-state index in [0.29, 0.717) is 0 Å². The second-order valence-electron chi connectivity index (χ2n) is 5.22. The van der Waals surface area contributed by atoms with Gasteiger partial charge in [-0.25, -0.2) is 4.90 Å². The van der Waals surface area contributed by atoms with E-state index in [0.717, 1.165) is 0 Å². The third kappa shape index (κ3) is 2.75. The highest BCUT2D eigenvalue weighted by molar-refractivity contribution is 6.34. The van der Waals surface area contributed by atoms with E-state index in [1.165, 1.54) is 24.3 Å². The average Bonchev–Trinajstić information content (AvgIpc) is 2.77. The van der Waals surface area contributed by atoms with Crippen LogP contribution in [-0.2, 0) is 12.4 Å². The van der Waals surface area contributed by atoms with Crippen LogP contribution in [0.15, 0.2) is 42.5 Å². The van der Waals surface area contributed by atoms with Gasteiger partial charge in [0.05, 0.1) is 27.9 Å². The van der Waals surface area contributed by atoms with E-state index < -0.39 is 41.0 Å². The van der Waals surface area contributed by atoms with Crippen LogP contribution in [0.3, 0.4) is 0 Å². The minimum Gasteiger partial charge on any atom is -0.268 e. The number of fused-ring (bicyclic) bond motifs is 1. The topological polar surface area (TPSA) is 37.4 Å². The van der Waals surface area contributed by atoms with Gasteiger partial charge in [-0.15, -0.1) is 0 Å². The molecule has 1 aliphatic rings. The van der Waals surface area contributed by atoms with Gasteiger partial charge in [0.25, 0.3) is 11.8 Å². The Hall–Kier alpha value is -2.84. The molecular formula is C16H7F6NO2. The molecule has 0 aliphatic carbocycles. The number of imide groups is 1. The highest BCUT2D eigenvalue weighted by Crippen LogP contribution is 2.42. The van der Waals surface area contributed by atoms with Gasteiger partial charge < -0.3 is 0 Å². The van der Waals surface area contributed by atoms with Gasteiger partial charge in [-0.2, -0.15) is 26.3 Å². The molecule has 1 heterocycles. The summed E-state index contributed by atoms with van der Waals surface area (Å²) in [5.41, 5.74) is -4.38. The molecule has 3 nitrogen and oxygen atoms in total. The number of hydrogen-bond donors (Lipinski definition) is 0. The van der Waals surface area contributed by atoms with Crippen molar-refractivity contribution in [1.82, 2.24) is 0 Å². The van der Waals surface area contributed by atoms with Crippen LogP contribution in [0.4, 0.5) is 32.0 Å². The summed E-state index contributed by atoms with van der Waals surface area (Å²) in [7, 11) is 0. The van der Waals surface area contributed by atoms with Gasteiger partial charge in [-0.3, -0.25) is 9.59 Å². The lowest BCUT2D eigenvalue weighted by Crippen LogP contribution is -2.32. The van der Waals surface area contributed by atoms with E-state index in [-0.39, 0.29) is 34.2 Å². The third-order valence-corrected chi connectivity index (χ3v) is 3.67. The molecule has 0 spiro atoms. The number of halogens is 6. The van der Waals surface area contributed by atoms with Crippen molar-refractivity contribution in [1.29, 1.82) is 0 Å². The normalized spacial score (nSPS) is 14.9. The number of carbonyl (C=O) groups is 2. The monoisotopic (exact) mass is 359 g/mol. The van der Waals surface area contributed by atoms with Crippen LogP contribution in [-0.4, -0.2) is 11.8 Å². The molecule has 0 fully saturated rings. The van der Waals surface area contributed by atoms with Gasteiger partial charge in [0, 0.05) is 0 Å². The first-order chi connectivity index (χ1) is 11.5. The highest BCUT2D eigenvalue weighted by atomic mass is 19.4. The fraction of sp³-hybridized carbons (Fsp3) is 0.125. The van der Waals surface area contributed by atoms with Crippen molar-refractivity contribution >= 4 is 17.5 Å². The lowest BCUT2D eigenvalue weighted by molar-refractivity contribution is -0.140. The van der Waals surface area contributed by atoms with Crippen molar-refractivity contribution in [3.63, 3.8) is 0 Å². The molecule has 25 heavy (non-hydrogen) atoms. The number of hydrogen-bond acceptors (Lipinski definition) is 2. The van der Waals surface area contributed by atoms with Crippen LogP contribution >= 0.6 is 0 Å². The van der Waals surface area contributed by atoms with E-state index in [1.54, 1.807) is 0 Å². The van der Waals surface area contributed by atoms with Gasteiger partial charge in [0.2, 0.25) is 0 Å². The lowest BCUT2D eigenvalue weighted by Gasteiger charge is -2.21. The fourth-order valence-corrected chi connectivity index (χ4v) is 2.54. The number of benzene rings is 2. The van der Waals surface area contributed by atoms with E-state index in [1.807, 2.05) is 0 Å². The average molecular weight is 359 g/mol. The van der Waals surface area contributed by atoms with Crippen LogP contribution < -0.4 is 4.90 Å². The Labute approximate surface area is 136 Å². The summed E-state index contributed by atoms with van der Waals surface area (Å²) in [6.07, 6.45) is -9.98. The number of anilines is 1. The molecule has 2 aromatic carbocycles. The number of nitrogens with zero attached hydrogens (tertiary/aromatic N) is 1. The maximum absolute atomic E-state index is 13.2. The van der Waals surface area contributed by atoms with Crippen LogP contribution in [0.5, 0.6) is 0 Å². The van der Waals surface area contributed by atoms with Crippen molar-refractivity contribution in [2.24, 2.45) is 0 Å². The predicted octanol–water partition coefficient (Wildman–Crippen LogP) is 4.52. The Morgan fingerprint density at radius 1 is 0.720 bits per heavy atom. The molecule has 0 aromatic heterocycles. The molecule has 3 rings (SSSR count). The van der Waals surface area contributed by atoms with Crippen LogP contribution in [0.1, 0.15) is 31.8 Å². The van der Waals surface area contributed by atoms with Crippen molar-refractivity contribution in [3.8, 4) is 0 Å². The largest absolute Gasteiger partial charge is 0.418 e. The zero-order valence-corrected chi connectivity index (χ0v) is 12.1. The van der Waals surface area contributed by atoms with Gasteiger partial charge in [0.15, 0.2) is 0 Å². The van der Waals surface area contributed by atoms with Gasteiger partial charge >= 0.3 is 12.4 Å². The van der Waals surface area contributed by atoms with E-state index in [2.05, 4.69) is 0 Å². The first-order valence-corrected chi connectivity index (χ1v) is 6.78. The number of amides is 2. The Balaban J connectivity index is 2.23. The molecule has 2 aromatic rings. The number of alkyl halides is 6. The molecule has 0 radical (unpaired) electrons. The smallest absolute Gasteiger partial charge is 0.268 e. The summed E-state index contributed by atoms with van der Waals surface area (Å²) in [5.74, 6) is -2.21. The minimum atomic E-state index is -5.05. The molecule has 2 amide bonds. The second kappa shape index (κ2) is 5.33. The first kappa shape index (κ1) is 17.0. The summed E-state index contributed by atoms with van der Waals surface area (Å²) in [6.45, 7) is 0. The zero-order valence-electron chi connectivity index (χ0n) is 12.1. The molecule has 0 atom stereocenters. The summed E-state index contributed by atoms with van der Waals surface area (Å²) >= 11 is 0. The summed E-state index contributed by atoms with van der Waals surface area (Å²) in [4.78, 5) is 24.7. The molecule has 1 aliphatic heterocycles. The quantitative estimate of drug-likeness (QED) is 0.554. The summed E-state index contributed by atoms with van der Waals surface area (Å²) in [5, 5.41) is 0. The third-order valence-electron chi connectivity index (χ3n) is 3.67. The van der Waals surface area contributed by atoms with Gasteiger partial charge in [-0.05, 0) is 30.3 Å². The summed E-state index contributed by atoms with van der Waals surface area (Å²) < 4.78 is 78.2. The van der Waals surface area contributed by atoms with Crippen LogP contribution in [0, 0.1) is 0 Å². The molecular weight excluding hydrogens is 352 g/mol. The van der Waals surface area contributed by atoms with E-state index in [9.17, 15) is 35.9 Å². The summed E-state index contributed by atoms with van der Waals surface area (Å²) in [6, 6.07) is 5.85. The minimum absolute atomic E-state index is 0.128. The molecule has 130 valence electrons. The maximum Gasteiger partial charge on any atom is 0.418 e. The van der Waals surface area contributed by atoms with Gasteiger partial charge in [-0.1, -0.05) is 12.1 Å². The Morgan fingerprint density at radius 2 is 1.24 bits per heavy atom. The Bertz CT molecular complexity index is 850. The van der Waals surface area contributed by atoms with Gasteiger partial charge in [0.1, 0.15) is 0 Å². The van der Waals surface area contributed by atoms with Crippen molar-refractivity contribution < 1.29 is 35.9 Å². The lowest BCUT2D eigenvalue weighted by atomic mass is 10.1. The molecule has 0 unspecified atom stereocenters. The standard InChI is InChI=1S/C16H7F6NO2/c17-15(18,19)8-5-6-11(16(20,21)22)12(7-8)23-13(24)9-3-1-2-4-10(9)14(23)25/h1-7H. The SMILES string of the molecule is O=C1c2ccccc2C(=O)N1c1cc(C(F)(F)F)ccc1C(F)(F)F. The molecule has 0 bridgehead atoms. The molecule has 0 N–H and O–H groups in total. The second-order valence-corrected chi connectivity index (χ2v) is 5.22. The van der Waals surface area contributed by atoms with Crippen molar-refractivity contribution in [2.45, 2.75) is 12.4 Å². The fourth-order valence-electron chi connectivity index (χ4n) is 2.54. The Morgan fingerprint density at radius 3 is 1.68 bits per heavy atom. The molecule has 0 saturated heterocycles. The van der Waals surface area contributed by atoms with Crippen molar-refractivity contribution in [2.75, 3.05) is 4.90 Å². The first-order valence-electron chi connectivity index (χ1n) is 6.78. The molecule has 0 saturated carbocycles. The van der Waals surface area contributed by atoms with Crippen LogP contribution in [0.25, 0.3) is 0 Å². The zero-order chi connectivity index (χ0) is 18.6. The maximum atomic E-state index is 13.2. The van der Waals surface area contributed by atoms with E-state index >= 15 is 0 Å². The predicted molar refractivity (Wildman–Crippen MR) is 74.0 cm³/mol. The van der Waals surface area contributed by atoms with Crippen LogP contribution in [0.2, 0.25) is 0 Å². The van der Waals surface area contributed by atoms with E-state index in [4.69, 9.17) is 0 Å². The Kier molecular flexibility index (Phi) is 3.63. The van der Waals surface area contributed by atoms with Crippen molar-refractivity contribution in [3.05, 3.63) is 64.7 Å². The highest BCUT2D eigenvalue weighted by Gasteiger charge is 2.44. The molecule has 9 heteroatoms. The number of rotatable bonds is 1.